The highest BCUT2D eigenvalue weighted by Gasteiger charge is 2.15. The first-order valence-electron chi connectivity index (χ1n) is 7.32. The van der Waals surface area contributed by atoms with Gasteiger partial charge in [-0.1, -0.05) is 43.7 Å². The van der Waals surface area contributed by atoms with Crippen LogP contribution < -0.4 is 11.1 Å². The van der Waals surface area contributed by atoms with Crippen LogP contribution in [-0.2, 0) is 11.3 Å². The van der Waals surface area contributed by atoms with Gasteiger partial charge in [0.1, 0.15) is 0 Å². The number of nitrogens with zero attached hydrogens (tertiary/aromatic N) is 1. The van der Waals surface area contributed by atoms with E-state index in [-0.39, 0.29) is 18.0 Å². The molecule has 0 saturated carbocycles. The number of hydrogen-bond donors (Lipinski definition) is 2. The van der Waals surface area contributed by atoms with Crippen LogP contribution in [0.15, 0.2) is 30.3 Å². The Bertz CT molecular complexity index is 394. The van der Waals surface area contributed by atoms with Crippen molar-refractivity contribution >= 4 is 5.91 Å². The standard InChI is InChI=1S/C16H27N3O/c1-4-8-15(17)16(20)18-11-13(2)19(3)12-14-9-6-5-7-10-14/h5-7,9-10,13,15H,4,8,11-12,17H2,1-3H3,(H,18,20). The maximum atomic E-state index is 11.8. The second-order valence-electron chi connectivity index (χ2n) is 5.39. The SMILES string of the molecule is CCCC(N)C(=O)NCC(C)N(C)Cc1ccccc1. The van der Waals surface area contributed by atoms with Crippen LogP contribution in [0.2, 0.25) is 0 Å². The zero-order chi connectivity index (χ0) is 15.0. The molecule has 4 nitrogen and oxygen atoms in total. The van der Waals surface area contributed by atoms with E-state index in [0.29, 0.717) is 6.54 Å². The van der Waals surface area contributed by atoms with Crippen LogP contribution in [0.4, 0.5) is 0 Å². The molecule has 2 unspecified atom stereocenters. The third-order valence-corrected chi connectivity index (χ3v) is 3.54. The molecule has 0 radical (unpaired) electrons. The number of carbonyl (C=O) groups is 1. The fourth-order valence-corrected chi connectivity index (χ4v) is 2.00. The van der Waals surface area contributed by atoms with Gasteiger partial charge in [-0.2, -0.15) is 0 Å². The van der Waals surface area contributed by atoms with Gasteiger partial charge in [-0.05, 0) is 26.0 Å². The second-order valence-corrected chi connectivity index (χ2v) is 5.39. The Morgan fingerprint density at radius 1 is 1.35 bits per heavy atom. The highest BCUT2D eigenvalue weighted by Crippen LogP contribution is 2.05. The molecule has 0 saturated heterocycles. The third kappa shape index (κ3) is 5.72. The molecule has 0 aliphatic rings. The Balaban J connectivity index is 2.35. The summed E-state index contributed by atoms with van der Waals surface area (Å²) in [6.45, 7) is 5.64. The van der Waals surface area contributed by atoms with E-state index in [1.54, 1.807) is 0 Å². The van der Waals surface area contributed by atoms with E-state index in [0.717, 1.165) is 19.4 Å². The molecule has 4 heteroatoms. The number of amides is 1. The molecule has 1 aromatic carbocycles. The van der Waals surface area contributed by atoms with E-state index in [2.05, 4.69) is 36.3 Å². The van der Waals surface area contributed by atoms with Gasteiger partial charge in [0.15, 0.2) is 0 Å². The van der Waals surface area contributed by atoms with Gasteiger partial charge in [-0.25, -0.2) is 0 Å². The van der Waals surface area contributed by atoms with Crippen LogP contribution >= 0.6 is 0 Å². The first-order chi connectivity index (χ1) is 9.54. The highest BCUT2D eigenvalue weighted by atomic mass is 16.2. The normalized spacial score (nSPS) is 14.1. The summed E-state index contributed by atoms with van der Waals surface area (Å²) < 4.78 is 0. The number of carbonyl (C=O) groups excluding carboxylic acids is 1. The predicted molar refractivity (Wildman–Crippen MR) is 83.3 cm³/mol. The summed E-state index contributed by atoms with van der Waals surface area (Å²) in [5.41, 5.74) is 7.06. The van der Waals surface area contributed by atoms with Gasteiger partial charge in [0.25, 0.3) is 0 Å². The van der Waals surface area contributed by atoms with E-state index in [1.165, 1.54) is 5.56 Å². The molecule has 0 heterocycles. The largest absolute Gasteiger partial charge is 0.353 e. The molecule has 20 heavy (non-hydrogen) atoms. The molecule has 1 rings (SSSR count). The van der Waals surface area contributed by atoms with Crippen molar-refractivity contribution in [2.45, 2.75) is 45.3 Å². The van der Waals surface area contributed by atoms with Gasteiger partial charge >= 0.3 is 0 Å². The summed E-state index contributed by atoms with van der Waals surface area (Å²) in [6.07, 6.45) is 1.66. The fourth-order valence-electron chi connectivity index (χ4n) is 2.00. The van der Waals surface area contributed by atoms with Crippen LogP contribution in [0.25, 0.3) is 0 Å². The quantitative estimate of drug-likeness (QED) is 0.761. The summed E-state index contributed by atoms with van der Waals surface area (Å²) >= 11 is 0. The maximum absolute atomic E-state index is 11.8. The Morgan fingerprint density at radius 3 is 2.60 bits per heavy atom. The van der Waals surface area contributed by atoms with Crippen molar-refractivity contribution in [3.05, 3.63) is 35.9 Å². The van der Waals surface area contributed by atoms with Gasteiger partial charge in [0.05, 0.1) is 6.04 Å². The van der Waals surface area contributed by atoms with Gasteiger partial charge < -0.3 is 11.1 Å². The number of nitrogens with one attached hydrogen (secondary N) is 1. The van der Waals surface area contributed by atoms with Crippen molar-refractivity contribution in [3.8, 4) is 0 Å². The Kier molecular flexibility index (Phi) is 7.26. The van der Waals surface area contributed by atoms with Crippen molar-refractivity contribution < 1.29 is 4.79 Å². The third-order valence-electron chi connectivity index (χ3n) is 3.54. The maximum Gasteiger partial charge on any atom is 0.236 e. The lowest BCUT2D eigenvalue weighted by Gasteiger charge is -2.25. The van der Waals surface area contributed by atoms with E-state index in [4.69, 9.17) is 5.73 Å². The average molecular weight is 277 g/mol. The molecule has 1 amide bonds. The van der Waals surface area contributed by atoms with Crippen LogP contribution in [0.3, 0.4) is 0 Å². The number of rotatable bonds is 8. The minimum atomic E-state index is -0.383. The van der Waals surface area contributed by atoms with Crippen molar-refractivity contribution in [1.29, 1.82) is 0 Å². The summed E-state index contributed by atoms with van der Waals surface area (Å²) in [7, 11) is 2.07. The number of benzene rings is 1. The highest BCUT2D eigenvalue weighted by molar-refractivity contribution is 5.81. The molecule has 3 N–H and O–H groups in total. The molecular formula is C16H27N3O. The zero-order valence-corrected chi connectivity index (χ0v) is 12.8. The molecule has 0 aliphatic carbocycles. The van der Waals surface area contributed by atoms with Gasteiger partial charge in [-0.15, -0.1) is 0 Å². The Labute approximate surface area is 122 Å². The van der Waals surface area contributed by atoms with Crippen LogP contribution in [0, 0.1) is 0 Å². The van der Waals surface area contributed by atoms with Crippen molar-refractivity contribution in [3.63, 3.8) is 0 Å². The summed E-state index contributed by atoms with van der Waals surface area (Å²) in [6, 6.07) is 10.2. The van der Waals surface area contributed by atoms with Crippen molar-refractivity contribution in [1.82, 2.24) is 10.2 Å². The van der Waals surface area contributed by atoms with Gasteiger partial charge in [0.2, 0.25) is 5.91 Å². The van der Waals surface area contributed by atoms with Crippen LogP contribution in [-0.4, -0.2) is 36.5 Å². The summed E-state index contributed by atoms with van der Waals surface area (Å²) in [4.78, 5) is 14.0. The van der Waals surface area contributed by atoms with Crippen LogP contribution in [0.1, 0.15) is 32.3 Å². The molecule has 1 aromatic rings. The smallest absolute Gasteiger partial charge is 0.236 e. The van der Waals surface area contributed by atoms with E-state index in [9.17, 15) is 4.79 Å². The monoisotopic (exact) mass is 277 g/mol. The molecular weight excluding hydrogens is 250 g/mol. The number of likely N-dealkylation sites (N-methyl/N-ethyl adjacent to an activating group) is 1. The minimum Gasteiger partial charge on any atom is -0.353 e. The predicted octanol–water partition coefficient (Wildman–Crippen LogP) is 1.75. The molecule has 0 bridgehead atoms. The minimum absolute atomic E-state index is 0.0492. The van der Waals surface area contributed by atoms with Crippen LogP contribution in [0.5, 0.6) is 0 Å². The molecule has 0 spiro atoms. The first kappa shape index (κ1) is 16.7. The average Bonchev–Trinajstić information content (AvgIpc) is 2.45. The summed E-state index contributed by atoms with van der Waals surface area (Å²) in [5.74, 6) is -0.0492. The Morgan fingerprint density at radius 2 is 2.00 bits per heavy atom. The molecule has 0 fully saturated rings. The molecule has 0 aliphatic heterocycles. The number of nitrogens with two attached hydrogens (primary N) is 1. The fraction of sp³-hybridized carbons (Fsp3) is 0.562. The van der Waals surface area contributed by atoms with E-state index >= 15 is 0 Å². The lowest BCUT2D eigenvalue weighted by Crippen LogP contribution is -2.46. The molecule has 112 valence electrons. The molecule has 0 aromatic heterocycles. The van der Waals surface area contributed by atoms with E-state index in [1.807, 2.05) is 25.1 Å². The van der Waals surface area contributed by atoms with Gasteiger partial charge in [0, 0.05) is 19.1 Å². The Hall–Kier alpha value is -1.39. The zero-order valence-electron chi connectivity index (χ0n) is 12.8. The lowest BCUT2D eigenvalue weighted by atomic mass is 10.1. The van der Waals surface area contributed by atoms with Crippen molar-refractivity contribution in [2.75, 3.05) is 13.6 Å². The van der Waals surface area contributed by atoms with E-state index < -0.39 is 0 Å². The second kappa shape index (κ2) is 8.72. The lowest BCUT2D eigenvalue weighted by molar-refractivity contribution is -0.122. The number of hydrogen-bond acceptors (Lipinski definition) is 3. The van der Waals surface area contributed by atoms with Gasteiger partial charge in [-0.3, -0.25) is 9.69 Å². The summed E-state index contributed by atoms with van der Waals surface area (Å²) in [5, 5.41) is 2.93. The molecule has 2 atom stereocenters. The topological polar surface area (TPSA) is 58.4 Å². The first-order valence-corrected chi connectivity index (χ1v) is 7.32. The van der Waals surface area contributed by atoms with Crippen molar-refractivity contribution in [2.24, 2.45) is 5.73 Å².